The topological polar surface area (TPSA) is 101 Å². The number of nitrogen functional groups attached to an aromatic ring is 1. The number of amides is 1. The Balaban J connectivity index is 2.09. The molecule has 20 heavy (non-hydrogen) atoms. The van der Waals surface area contributed by atoms with E-state index in [-0.39, 0.29) is 34.6 Å². The first-order chi connectivity index (χ1) is 9.29. The van der Waals surface area contributed by atoms with Crippen LogP contribution in [-0.4, -0.2) is 26.9 Å². The summed E-state index contributed by atoms with van der Waals surface area (Å²) in [5.41, 5.74) is 5.35. The van der Waals surface area contributed by atoms with Crippen LogP contribution in [0.5, 0.6) is 0 Å². The predicted molar refractivity (Wildman–Crippen MR) is 71.9 cm³/mol. The predicted octanol–water partition coefficient (Wildman–Crippen LogP) is 0.273. The van der Waals surface area contributed by atoms with Crippen molar-refractivity contribution in [3.63, 3.8) is 0 Å². The van der Waals surface area contributed by atoms with Crippen LogP contribution >= 0.6 is 0 Å². The summed E-state index contributed by atoms with van der Waals surface area (Å²) in [5, 5.41) is 2.66. The molecule has 0 aliphatic heterocycles. The first-order valence-electron chi connectivity index (χ1n) is 6.14. The molecule has 1 aliphatic carbocycles. The number of anilines is 1. The zero-order chi connectivity index (χ0) is 14.9. The number of nitrogens with two attached hydrogens (primary N) is 1. The van der Waals surface area contributed by atoms with Gasteiger partial charge in [-0.2, -0.15) is 0 Å². The molecule has 1 aromatic rings. The second-order valence-electron chi connectivity index (χ2n) is 4.81. The first kappa shape index (κ1) is 14.7. The minimum Gasteiger partial charge on any atom is -0.396 e. The summed E-state index contributed by atoms with van der Waals surface area (Å²) in [6, 6.07) is 2.26. The molecule has 0 bridgehead atoms. The number of hydrogen-bond donors (Lipinski definition) is 3. The number of rotatable bonds is 5. The Labute approximate surface area is 116 Å². The van der Waals surface area contributed by atoms with Crippen molar-refractivity contribution in [2.75, 3.05) is 12.3 Å². The van der Waals surface area contributed by atoms with Crippen LogP contribution in [0, 0.1) is 12.7 Å². The first-order valence-corrected chi connectivity index (χ1v) is 7.62. The largest absolute Gasteiger partial charge is 0.396 e. The minimum atomic E-state index is -3.90. The third-order valence-electron chi connectivity index (χ3n) is 2.95. The van der Waals surface area contributed by atoms with Gasteiger partial charge in [0.1, 0.15) is 5.82 Å². The molecule has 1 fully saturated rings. The lowest BCUT2D eigenvalue weighted by atomic mass is 10.2. The van der Waals surface area contributed by atoms with E-state index in [4.69, 9.17) is 5.73 Å². The van der Waals surface area contributed by atoms with E-state index in [0.717, 1.165) is 25.0 Å². The van der Waals surface area contributed by atoms with Gasteiger partial charge in [0.2, 0.25) is 15.9 Å². The van der Waals surface area contributed by atoms with E-state index in [1.807, 2.05) is 0 Å². The molecule has 8 heteroatoms. The number of sulfonamides is 1. The monoisotopic (exact) mass is 301 g/mol. The van der Waals surface area contributed by atoms with Crippen molar-refractivity contribution < 1.29 is 17.6 Å². The Bertz CT molecular complexity index is 642. The molecule has 1 aliphatic rings. The zero-order valence-corrected chi connectivity index (χ0v) is 11.8. The molecule has 0 spiro atoms. The van der Waals surface area contributed by atoms with Gasteiger partial charge in [-0.15, -0.1) is 0 Å². The van der Waals surface area contributed by atoms with E-state index in [1.165, 1.54) is 6.92 Å². The third kappa shape index (κ3) is 3.45. The number of benzene rings is 1. The number of nitrogens with one attached hydrogen (secondary N) is 2. The van der Waals surface area contributed by atoms with Crippen molar-refractivity contribution >= 4 is 21.6 Å². The normalized spacial score (nSPS) is 15.1. The Hall–Kier alpha value is -1.67. The number of hydrogen-bond acceptors (Lipinski definition) is 4. The lowest BCUT2D eigenvalue weighted by Crippen LogP contribution is -2.38. The van der Waals surface area contributed by atoms with Crippen LogP contribution in [0.2, 0.25) is 0 Å². The maximum Gasteiger partial charge on any atom is 0.241 e. The third-order valence-corrected chi connectivity index (χ3v) is 4.49. The summed E-state index contributed by atoms with van der Waals surface area (Å²) < 4.78 is 39.5. The van der Waals surface area contributed by atoms with Gasteiger partial charge in [0.05, 0.1) is 17.1 Å². The molecule has 0 atom stereocenters. The summed E-state index contributed by atoms with van der Waals surface area (Å²) >= 11 is 0. The van der Waals surface area contributed by atoms with Crippen molar-refractivity contribution in [1.82, 2.24) is 10.0 Å². The van der Waals surface area contributed by atoms with E-state index in [1.54, 1.807) is 0 Å². The van der Waals surface area contributed by atoms with Gasteiger partial charge in [-0.25, -0.2) is 17.5 Å². The highest BCUT2D eigenvalue weighted by molar-refractivity contribution is 7.89. The molecule has 1 aromatic carbocycles. The smallest absolute Gasteiger partial charge is 0.241 e. The molecule has 0 unspecified atom stereocenters. The summed E-state index contributed by atoms with van der Waals surface area (Å²) in [7, 11) is -3.90. The number of halogens is 1. The second-order valence-corrected chi connectivity index (χ2v) is 6.54. The van der Waals surface area contributed by atoms with Gasteiger partial charge in [-0.1, -0.05) is 0 Å². The molecule has 0 heterocycles. The van der Waals surface area contributed by atoms with Crippen LogP contribution in [-0.2, 0) is 14.8 Å². The van der Waals surface area contributed by atoms with Gasteiger partial charge in [0.25, 0.3) is 0 Å². The van der Waals surface area contributed by atoms with Gasteiger partial charge >= 0.3 is 0 Å². The molecule has 6 nitrogen and oxygen atoms in total. The lowest BCUT2D eigenvalue weighted by Gasteiger charge is -2.10. The van der Waals surface area contributed by atoms with Gasteiger partial charge in [-0.3, -0.25) is 4.79 Å². The van der Waals surface area contributed by atoms with Gasteiger partial charge in [-0.05, 0) is 37.5 Å². The summed E-state index contributed by atoms with van der Waals surface area (Å²) in [6.45, 7) is 1.11. The molecule has 4 N–H and O–H groups in total. The highest BCUT2D eigenvalue weighted by Crippen LogP contribution is 2.21. The van der Waals surface area contributed by atoms with Gasteiger partial charge < -0.3 is 11.1 Å². The Morgan fingerprint density at radius 3 is 2.70 bits per heavy atom. The van der Waals surface area contributed by atoms with Crippen LogP contribution in [0.25, 0.3) is 0 Å². The van der Waals surface area contributed by atoms with Crippen molar-refractivity contribution in [2.45, 2.75) is 30.7 Å². The zero-order valence-electron chi connectivity index (χ0n) is 10.9. The van der Waals surface area contributed by atoms with E-state index in [0.29, 0.717) is 0 Å². The van der Waals surface area contributed by atoms with Crippen LogP contribution in [0.15, 0.2) is 17.0 Å². The van der Waals surface area contributed by atoms with E-state index in [9.17, 15) is 17.6 Å². The van der Waals surface area contributed by atoms with Crippen molar-refractivity contribution in [1.29, 1.82) is 0 Å². The molecule has 1 amide bonds. The van der Waals surface area contributed by atoms with E-state index >= 15 is 0 Å². The van der Waals surface area contributed by atoms with Crippen LogP contribution in [0.4, 0.5) is 10.1 Å². The molecule has 1 saturated carbocycles. The second kappa shape index (κ2) is 5.37. The summed E-state index contributed by atoms with van der Waals surface area (Å²) in [4.78, 5) is 11.3. The quantitative estimate of drug-likeness (QED) is 0.680. The van der Waals surface area contributed by atoms with Gasteiger partial charge in [0.15, 0.2) is 0 Å². The number of aryl methyl sites for hydroxylation is 1. The highest BCUT2D eigenvalue weighted by Gasteiger charge is 2.24. The summed E-state index contributed by atoms with van der Waals surface area (Å²) in [5.74, 6) is -1.06. The molecule has 0 aromatic heterocycles. The molecule has 0 saturated heterocycles. The van der Waals surface area contributed by atoms with Gasteiger partial charge in [0, 0.05) is 6.04 Å². The van der Waals surface area contributed by atoms with Crippen LogP contribution < -0.4 is 15.8 Å². The molecule has 0 radical (unpaired) electrons. The van der Waals surface area contributed by atoms with Crippen molar-refractivity contribution in [2.24, 2.45) is 0 Å². The van der Waals surface area contributed by atoms with E-state index in [2.05, 4.69) is 10.0 Å². The molecular formula is C12H16FN3O3S. The average molecular weight is 301 g/mol. The number of carbonyl (C=O) groups is 1. The van der Waals surface area contributed by atoms with E-state index < -0.39 is 15.8 Å². The minimum absolute atomic E-state index is 0.129. The SMILES string of the molecule is Cc1cc(F)c(N)cc1S(=O)(=O)NCC(=O)NC1CC1. The standard InChI is InChI=1S/C12H16FN3O3S/c1-7-4-9(13)10(14)5-11(7)20(18,19)15-6-12(17)16-8-2-3-8/h4-5,8,15H,2-3,6,14H2,1H3,(H,16,17). The Kier molecular flexibility index (Phi) is 3.96. The Morgan fingerprint density at radius 1 is 1.45 bits per heavy atom. The highest BCUT2D eigenvalue weighted by atomic mass is 32.2. The maximum atomic E-state index is 13.2. The molecule has 2 rings (SSSR count). The maximum absolute atomic E-state index is 13.2. The van der Waals surface area contributed by atoms with Crippen molar-refractivity contribution in [3.8, 4) is 0 Å². The summed E-state index contributed by atoms with van der Waals surface area (Å²) in [6.07, 6.45) is 1.85. The lowest BCUT2D eigenvalue weighted by molar-refractivity contribution is -0.120. The van der Waals surface area contributed by atoms with Crippen LogP contribution in [0.3, 0.4) is 0 Å². The average Bonchev–Trinajstić information content (AvgIpc) is 3.15. The number of carbonyl (C=O) groups excluding carboxylic acids is 1. The molecular weight excluding hydrogens is 285 g/mol. The fourth-order valence-electron chi connectivity index (χ4n) is 1.70. The van der Waals surface area contributed by atoms with Crippen molar-refractivity contribution in [3.05, 3.63) is 23.5 Å². The molecule has 110 valence electrons. The Morgan fingerprint density at radius 2 is 2.10 bits per heavy atom. The fraction of sp³-hybridized carbons (Fsp3) is 0.417. The van der Waals surface area contributed by atoms with Crippen LogP contribution in [0.1, 0.15) is 18.4 Å². The fourth-order valence-corrected chi connectivity index (χ4v) is 2.94.